The molecule has 1 fully saturated rings. The Morgan fingerprint density at radius 1 is 1.15 bits per heavy atom. The number of hydrogen-bond donors (Lipinski definition) is 1. The lowest BCUT2D eigenvalue weighted by molar-refractivity contribution is 0.573. The minimum Gasteiger partial charge on any atom is -0.356 e. The molecule has 1 aromatic heterocycles. The van der Waals surface area contributed by atoms with E-state index >= 15 is 0 Å². The van der Waals surface area contributed by atoms with Crippen LogP contribution in [0.1, 0.15) is 31.9 Å². The van der Waals surface area contributed by atoms with Crippen LogP contribution in [0.4, 0.5) is 5.82 Å². The van der Waals surface area contributed by atoms with Crippen LogP contribution in [-0.2, 0) is 6.54 Å². The molecule has 0 aliphatic carbocycles. The van der Waals surface area contributed by atoms with E-state index < -0.39 is 0 Å². The van der Waals surface area contributed by atoms with Crippen LogP contribution < -0.4 is 10.2 Å². The first-order valence-electron chi connectivity index (χ1n) is 7.73. The fourth-order valence-corrected chi connectivity index (χ4v) is 2.92. The molecule has 0 amide bonds. The zero-order valence-corrected chi connectivity index (χ0v) is 12.2. The predicted octanol–water partition coefficient (Wildman–Crippen LogP) is 3.33. The van der Waals surface area contributed by atoms with Gasteiger partial charge in [-0.05, 0) is 37.3 Å². The second-order valence-corrected chi connectivity index (χ2v) is 5.49. The molecule has 3 rings (SSSR count). The van der Waals surface area contributed by atoms with Gasteiger partial charge in [-0.3, -0.25) is 0 Å². The maximum absolute atomic E-state index is 4.93. The first-order chi connectivity index (χ1) is 9.88. The molecule has 3 nitrogen and oxygen atoms in total. The summed E-state index contributed by atoms with van der Waals surface area (Å²) in [6.07, 6.45) is 3.92. The minimum atomic E-state index is 0.849. The normalized spacial score (nSPS) is 15.8. The van der Waals surface area contributed by atoms with Crippen molar-refractivity contribution >= 4 is 16.6 Å². The van der Waals surface area contributed by atoms with Gasteiger partial charge in [-0.25, -0.2) is 4.98 Å². The predicted molar refractivity (Wildman–Crippen MR) is 85.2 cm³/mol. The Morgan fingerprint density at radius 3 is 2.75 bits per heavy atom. The Labute approximate surface area is 121 Å². The van der Waals surface area contributed by atoms with E-state index in [9.17, 15) is 0 Å². The van der Waals surface area contributed by atoms with Crippen LogP contribution >= 0.6 is 0 Å². The van der Waals surface area contributed by atoms with Gasteiger partial charge in [0.2, 0.25) is 0 Å². The third-order valence-corrected chi connectivity index (χ3v) is 3.99. The first kappa shape index (κ1) is 13.4. The van der Waals surface area contributed by atoms with E-state index in [0.717, 1.165) is 31.9 Å². The summed E-state index contributed by atoms with van der Waals surface area (Å²) in [5, 5.41) is 5.97. The summed E-state index contributed by atoms with van der Waals surface area (Å²) in [7, 11) is 0. The number of hydrogen-bond acceptors (Lipinski definition) is 3. The average molecular weight is 269 g/mol. The molecule has 106 valence electrons. The fraction of sp³-hybridized carbons (Fsp3) is 0.471. The van der Waals surface area contributed by atoms with Gasteiger partial charge in [0.05, 0.1) is 5.69 Å². The summed E-state index contributed by atoms with van der Waals surface area (Å²) in [6, 6.07) is 10.8. The maximum Gasteiger partial charge on any atom is 0.136 e. The molecule has 1 aromatic carbocycles. The Bertz CT molecular complexity index is 573. The zero-order chi connectivity index (χ0) is 13.8. The molecule has 0 radical (unpaired) electrons. The Balaban J connectivity index is 2.02. The summed E-state index contributed by atoms with van der Waals surface area (Å²) in [5.74, 6) is 1.18. The van der Waals surface area contributed by atoms with Gasteiger partial charge in [-0.2, -0.15) is 0 Å². The van der Waals surface area contributed by atoms with E-state index in [1.807, 2.05) is 0 Å². The van der Waals surface area contributed by atoms with Crippen LogP contribution in [-0.4, -0.2) is 24.6 Å². The summed E-state index contributed by atoms with van der Waals surface area (Å²) in [5.41, 5.74) is 1.14. The lowest BCUT2D eigenvalue weighted by atomic mass is 10.1. The molecule has 2 aromatic rings. The molecular formula is C17H23N3. The number of nitrogens with one attached hydrogen (secondary N) is 1. The molecule has 1 saturated heterocycles. The summed E-state index contributed by atoms with van der Waals surface area (Å²) < 4.78 is 0. The first-order valence-corrected chi connectivity index (χ1v) is 7.73. The van der Waals surface area contributed by atoms with E-state index in [0.29, 0.717) is 0 Å². The van der Waals surface area contributed by atoms with Crippen molar-refractivity contribution < 1.29 is 0 Å². The molecule has 0 spiro atoms. The van der Waals surface area contributed by atoms with Crippen molar-refractivity contribution in [3.63, 3.8) is 0 Å². The van der Waals surface area contributed by atoms with Crippen LogP contribution in [0.25, 0.3) is 10.8 Å². The van der Waals surface area contributed by atoms with Gasteiger partial charge in [0, 0.05) is 25.0 Å². The van der Waals surface area contributed by atoms with Crippen molar-refractivity contribution in [1.29, 1.82) is 0 Å². The quantitative estimate of drug-likeness (QED) is 0.922. The molecular weight excluding hydrogens is 246 g/mol. The molecule has 1 N–H and O–H groups in total. The molecule has 0 saturated carbocycles. The Hall–Kier alpha value is -1.61. The number of benzene rings is 1. The molecule has 1 aliphatic heterocycles. The molecule has 3 heteroatoms. The van der Waals surface area contributed by atoms with Gasteiger partial charge in [0.1, 0.15) is 5.82 Å². The lowest BCUT2D eigenvalue weighted by Gasteiger charge is -2.29. The highest BCUT2D eigenvalue weighted by Crippen LogP contribution is 2.27. The highest BCUT2D eigenvalue weighted by Gasteiger charge is 2.15. The van der Waals surface area contributed by atoms with Crippen molar-refractivity contribution in [2.24, 2.45) is 0 Å². The largest absolute Gasteiger partial charge is 0.356 e. The van der Waals surface area contributed by atoms with Crippen molar-refractivity contribution in [3.8, 4) is 0 Å². The van der Waals surface area contributed by atoms with Crippen molar-refractivity contribution in [2.75, 3.05) is 24.5 Å². The summed E-state index contributed by atoms with van der Waals surface area (Å²) in [6.45, 7) is 6.24. The van der Waals surface area contributed by atoms with E-state index in [4.69, 9.17) is 4.98 Å². The van der Waals surface area contributed by atoms with Gasteiger partial charge in [0.15, 0.2) is 0 Å². The standard InChI is InChI=1S/C17H23N3/c1-2-18-13-15-12-14-8-4-5-9-16(14)17(19-15)20-10-6-3-7-11-20/h4-5,8-9,12,18H,2-3,6-7,10-11,13H2,1H3. The van der Waals surface area contributed by atoms with Crippen molar-refractivity contribution in [1.82, 2.24) is 10.3 Å². The highest BCUT2D eigenvalue weighted by molar-refractivity contribution is 5.92. The monoisotopic (exact) mass is 269 g/mol. The molecule has 0 atom stereocenters. The van der Waals surface area contributed by atoms with Gasteiger partial charge in [0.25, 0.3) is 0 Å². The second-order valence-electron chi connectivity index (χ2n) is 5.49. The third-order valence-electron chi connectivity index (χ3n) is 3.99. The third kappa shape index (κ3) is 2.78. The van der Waals surface area contributed by atoms with Crippen LogP contribution in [0, 0.1) is 0 Å². The lowest BCUT2D eigenvalue weighted by Crippen LogP contribution is -2.30. The summed E-state index contributed by atoms with van der Waals surface area (Å²) >= 11 is 0. The van der Waals surface area contributed by atoms with Gasteiger partial charge in [-0.1, -0.05) is 31.2 Å². The van der Waals surface area contributed by atoms with E-state index in [1.54, 1.807) is 0 Å². The van der Waals surface area contributed by atoms with E-state index in [1.165, 1.54) is 35.9 Å². The molecule has 2 heterocycles. The number of aromatic nitrogens is 1. The van der Waals surface area contributed by atoms with E-state index in [-0.39, 0.29) is 0 Å². The number of pyridine rings is 1. The van der Waals surface area contributed by atoms with Gasteiger partial charge < -0.3 is 10.2 Å². The fourth-order valence-electron chi connectivity index (χ4n) is 2.92. The van der Waals surface area contributed by atoms with Gasteiger partial charge in [-0.15, -0.1) is 0 Å². The summed E-state index contributed by atoms with van der Waals surface area (Å²) in [4.78, 5) is 7.39. The topological polar surface area (TPSA) is 28.2 Å². The number of anilines is 1. The van der Waals surface area contributed by atoms with Crippen molar-refractivity contribution in [3.05, 3.63) is 36.0 Å². The van der Waals surface area contributed by atoms with Crippen LogP contribution in [0.5, 0.6) is 0 Å². The minimum absolute atomic E-state index is 0.849. The van der Waals surface area contributed by atoms with Gasteiger partial charge >= 0.3 is 0 Å². The number of rotatable bonds is 4. The van der Waals surface area contributed by atoms with Crippen molar-refractivity contribution in [2.45, 2.75) is 32.7 Å². The van der Waals surface area contributed by atoms with E-state index in [2.05, 4.69) is 47.5 Å². The highest BCUT2D eigenvalue weighted by atomic mass is 15.2. The van der Waals surface area contributed by atoms with Crippen LogP contribution in [0.2, 0.25) is 0 Å². The molecule has 0 unspecified atom stereocenters. The zero-order valence-electron chi connectivity index (χ0n) is 12.2. The molecule has 20 heavy (non-hydrogen) atoms. The number of piperidine rings is 1. The van der Waals surface area contributed by atoms with Crippen LogP contribution in [0.3, 0.4) is 0 Å². The maximum atomic E-state index is 4.93. The molecule has 0 bridgehead atoms. The number of nitrogens with zero attached hydrogens (tertiary/aromatic N) is 2. The second kappa shape index (κ2) is 6.23. The molecule has 1 aliphatic rings. The Morgan fingerprint density at radius 2 is 1.95 bits per heavy atom. The SMILES string of the molecule is CCNCc1cc2ccccc2c(N2CCCCC2)n1. The Kier molecular flexibility index (Phi) is 4.16. The number of fused-ring (bicyclic) bond motifs is 1. The smallest absolute Gasteiger partial charge is 0.136 e. The van der Waals surface area contributed by atoms with Crippen LogP contribution in [0.15, 0.2) is 30.3 Å². The average Bonchev–Trinajstić information content (AvgIpc) is 2.53.